The summed E-state index contributed by atoms with van der Waals surface area (Å²) in [5.41, 5.74) is 0.110. The van der Waals surface area contributed by atoms with Gasteiger partial charge in [0.2, 0.25) is 0 Å². The molecular weight excluding hydrogens is 228 g/mol. The largest absolute Gasteiger partial charge is 0.476 e. The van der Waals surface area contributed by atoms with E-state index in [2.05, 4.69) is 4.98 Å². The Morgan fingerprint density at radius 2 is 2.50 bits per heavy atom. The van der Waals surface area contributed by atoms with Crippen LogP contribution in [0.1, 0.15) is 23.8 Å². The minimum atomic E-state index is -0.980. The topological polar surface area (TPSA) is 62.7 Å². The minimum absolute atomic E-state index is 0.110. The average molecular weight is 242 g/mol. The lowest BCUT2D eigenvalue weighted by molar-refractivity contribution is 0.0691. The molecule has 2 rings (SSSR count). The number of hydrogen-bond acceptors (Lipinski definition) is 5. The first-order valence-electron chi connectivity index (χ1n) is 5.13. The summed E-state index contributed by atoms with van der Waals surface area (Å²) in [6.07, 6.45) is 1.13. The molecule has 1 aromatic heterocycles. The van der Waals surface area contributed by atoms with E-state index < -0.39 is 5.97 Å². The molecule has 88 valence electrons. The zero-order chi connectivity index (χ0) is 11.7. The van der Waals surface area contributed by atoms with Crippen molar-refractivity contribution in [1.82, 2.24) is 4.98 Å². The van der Waals surface area contributed by atoms with Gasteiger partial charge >= 0.3 is 5.97 Å². The van der Waals surface area contributed by atoms with E-state index in [1.807, 2.05) is 18.9 Å². The number of rotatable bonds is 3. The third-order valence-electron chi connectivity index (χ3n) is 2.85. The van der Waals surface area contributed by atoms with Crippen LogP contribution in [0.4, 0.5) is 5.13 Å². The Morgan fingerprint density at radius 1 is 1.75 bits per heavy atom. The quantitative estimate of drug-likeness (QED) is 0.869. The summed E-state index contributed by atoms with van der Waals surface area (Å²) in [7, 11) is 1.93. The maximum absolute atomic E-state index is 10.7. The van der Waals surface area contributed by atoms with Crippen LogP contribution in [0.3, 0.4) is 0 Å². The lowest BCUT2D eigenvalue weighted by Crippen LogP contribution is -2.36. The Kier molecular flexibility index (Phi) is 3.11. The van der Waals surface area contributed by atoms with E-state index in [1.54, 1.807) is 5.38 Å². The molecule has 0 aromatic carbocycles. The van der Waals surface area contributed by atoms with Crippen molar-refractivity contribution < 1.29 is 14.6 Å². The fourth-order valence-corrected chi connectivity index (χ4v) is 2.72. The van der Waals surface area contributed by atoms with Crippen molar-refractivity contribution in [1.29, 1.82) is 0 Å². The average Bonchev–Trinajstić information content (AvgIpc) is 2.84. The molecular formula is C10H14N2O3S. The molecule has 0 radical (unpaired) electrons. The van der Waals surface area contributed by atoms with E-state index >= 15 is 0 Å². The number of likely N-dealkylation sites (N-methyl/N-ethyl adjacent to an activating group) is 1. The van der Waals surface area contributed by atoms with E-state index in [0.717, 1.165) is 18.2 Å². The highest BCUT2D eigenvalue weighted by Crippen LogP contribution is 2.26. The monoisotopic (exact) mass is 242 g/mol. The van der Waals surface area contributed by atoms with Gasteiger partial charge in [0.15, 0.2) is 10.8 Å². The smallest absolute Gasteiger partial charge is 0.355 e. The predicted molar refractivity (Wildman–Crippen MR) is 61.3 cm³/mol. The Hall–Kier alpha value is -1.14. The summed E-state index contributed by atoms with van der Waals surface area (Å²) < 4.78 is 5.48. The first-order chi connectivity index (χ1) is 7.59. The SMILES string of the molecule is CC1OCCC1N(C)c1nc(C(=O)O)cs1. The molecule has 1 N–H and O–H groups in total. The molecule has 1 aromatic rings. The number of carbonyl (C=O) groups is 1. The summed E-state index contributed by atoms with van der Waals surface area (Å²) in [5.74, 6) is -0.980. The molecule has 1 saturated heterocycles. The van der Waals surface area contributed by atoms with Crippen molar-refractivity contribution in [2.75, 3.05) is 18.6 Å². The summed E-state index contributed by atoms with van der Waals surface area (Å²) >= 11 is 1.35. The van der Waals surface area contributed by atoms with E-state index in [-0.39, 0.29) is 17.8 Å². The molecule has 0 amide bonds. The molecule has 2 heterocycles. The summed E-state index contributed by atoms with van der Waals surface area (Å²) in [5, 5.41) is 11.1. The number of carboxylic acid groups (broad SMARTS) is 1. The van der Waals surface area contributed by atoms with Crippen LogP contribution in [-0.4, -0.2) is 41.9 Å². The number of nitrogens with zero attached hydrogens (tertiary/aromatic N) is 2. The Labute approximate surface area is 97.7 Å². The van der Waals surface area contributed by atoms with Crippen molar-refractivity contribution >= 4 is 22.4 Å². The normalized spacial score (nSPS) is 24.6. The molecule has 16 heavy (non-hydrogen) atoms. The van der Waals surface area contributed by atoms with Gasteiger partial charge in [-0.1, -0.05) is 0 Å². The van der Waals surface area contributed by atoms with Crippen molar-refractivity contribution in [3.8, 4) is 0 Å². The molecule has 6 heteroatoms. The molecule has 0 aliphatic carbocycles. The van der Waals surface area contributed by atoms with Crippen molar-refractivity contribution in [3.63, 3.8) is 0 Å². The number of ether oxygens (including phenoxy) is 1. The number of anilines is 1. The van der Waals surface area contributed by atoms with Crippen LogP contribution in [0.15, 0.2) is 5.38 Å². The number of hydrogen-bond donors (Lipinski definition) is 1. The molecule has 1 aliphatic rings. The van der Waals surface area contributed by atoms with E-state index in [1.165, 1.54) is 11.3 Å². The number of aromatic nitrogens is 1. The summed E-state index contributed by atoms with van der Waals surface area (Å²) in [6, 6.07) is 0.285. The highest BCUT2D eigenvalue weighted by atomic mass is 32.1. The minimum Gasteiger partial charge on any atom is -0.476 e. The van der Waals surface area contributed by atoms with Gasteiger partial charge in [-0.2, -0.15) is 0 Å². The van der Waals surface area contributed by atoms with E-state index in [0.29, 0.717) is 0 Å². The molecule has 0 spiro atoms. The van der Waals surface area contributed by atoms with Crippen molar-refractivity contribution in [3.05, 3.63) is 11.1 Å². The second-order valence-electron chi connectivity index (χ2n) is 3.86. The third kappa shape index (κ3) is 2.03. The van der Waals surface area contributed by atoms with E-state index in [4.69, 9.17) is 9.84 Å². The zero-order valence-corrected chi connectivity index (χ0v) is 10.0. The molecule has 1 fully saturated rings. The highest BCUT2D eigenvalue weighted by Gasteiger charge is 2.29. The second kappa shape index (κ2) is 4.39. The maximum atomic E-state index is 10.7. The van der Waals surface area contributed by atoms with Crippen LogP contribution in [0.25, 0.3) is 0 Å². The zero-order valence-electron chi connectivity index (χ0n) is 9.21. The number of carboxylic acids is 1. The molecule has 0 saturated carbocycles. The first-order valence-corrected chi connectivity index (χ1v) is 6.01. The lowest BCUT2D eigenvalue weighted by Gasteiger charge is -2.25. The highest BCUT2D eigenvalue weighted by molar-refractivity contribution is 7.13. The fraction of sp³-hybridized carbons (Fsp3) is 0.600. The van der Waals surface area contributed by atoms with Gasteiger partial charge in [0.25, 0.3) is 0 Å². The van der Waals surface area contributed by atoms with Gasteiger partial charge < -0.3 is 14.7 Å². The number of thiazole rings is 1. The Bertz CT molecular complexity index is 393. The summed E-state index contributed by atoms with van der Waals surface area (Å²) in [6.45, 7) is 2.78. The van der Waals surface area contributed by atoms with Gasteiger partial charge in [0, 0.05) is 19.0 Å². The van der Waals surface area contributed by atoms with Crippen molar-refractivity contribution in [2.24, 2.45) is 0 Å². The second-order valence-corrected chi connectivity index (χ2v) is 4.70. The van der Waals surface area contributed by atoms with Gasteiger partial charge in [-0.3, -0.25) is 0 Å². The van der Waals surface area contributed by atoms with Crippen molar-refractivity contribution in [2.45, 2.75) is 25.5 Å². The maximum Gasteiger partial charge on any atom is 0.355 e. The van der Waals surface area contributed by atoms with Crippen LogP contribution < -0.4 is 4.90 Å². The van der Waals surface area contributed by atoms with Gasteiger partial charge in [0.05, 0.1) is 12.1 Å². The van der Waals surface area contributed by atoms with Gasteiger partial charge in [-0.15, -0.1) is 11.3 Å². The van der Waals surface area contributed by atoms with Gasteiger partial charge in [-0.25, -0.2) is 9.78 Å². The fourth-order valence-electron chi connectivity index (χ4n) is 1.90. The van der Waals surface area contributed by atoms with Crippen LogP contribution in [0.5, 0.6) is 0 Å². The standard InChI is InChI=1S/C10H14N2O3S/c1-6-8(3-4-15-6)12(2)10-11-7(5-16-10)9(13)14/h5-6,8H,3-4H2,1-2H3,(H,13,14). The first kappa shape index (κ1) is 11.3. The van der Waals surface area contributed by atoms with Crippen LogP contribution >= 0.6 is 11.3 Å². The molecule has 2 unspecified atom stereocenters. The third-order valence-corrected chi connectivity index (χ3v) is 3.78. The molecule has 0 bridgehead atoms. The van der Waals surface area contributed by atoms with E-state index in [9.17, 15) is 4.79 Å². The lowest BCUT2D eigenvalue weighted by atomic mass is 10.1. The molecule has 5 nitrogen and oxygen atoms in total. The van der Waals surface area contributed by atoms with Crippen LogP contribution in [-0.2, 0) is 4.74 Å². The molecule has 2 atom stereocenters. The Morgan fingerprint density at radius 3 is 3.00 bits per heavy atom. The number of aromatic carboxylic acids is 1. The summed E-state index contributed by atoms with van der Waals surface area (Å²) in [4.78, 5) is 16.8. The van der Waals surface area contributed by atoms with Crippen LogP contribution in [0.2, 0.25) is 0 Å². The van der Waals surface area contributed by atoms with Gasteiger partial charge in [0.1, 0.15) is 0 Å². The molecule has 1 aliphatic heterocycles. The Balaban J connectivity index is 2.13. The van der Waals surface area contributed by atoms with Crippen LogP contribution in [0, 0.1) is 0 Å². The van der Waals surface area contributed by atoms with Gasteiger partial charge in [-0.05, 0) is 13.3 Å². The predicted octanol–water partition coefficient (Wildman–Crippen LogP) is 1.45.